The minimum absolute atomic E-state index is 0.183. The summed E-state index contributed by atoms with van der Waals surface area (Å²) >= 11 is 0. The van der Waals surface area contributed by atoms with Gasteiger partial charge in [0, 0.05) is 19.0 Å². The molecule has 0 aromatic heterocycles. The van der Waals surface area contributed by atoms with Crippen LogP contribution in [0.15, 0.2) is 24.3 Å². The molecular formula is C22H35NO. The molecule has 0 unspecified atom stereocenters. The lowest BCUT2D eigenvalue weighted by Gasteiger charge is -2.26. The third kappa shape index (κ3) is 4.84. The molecule has 1 amide bonds. The SMILES string of the molecule is CC(C)CN(CC(C)C)C(=O)[C@H]1C[C@H]1c1ccc(C(C)(C)C)cc1. The summed E-state index contributed by atoms with van der Waals surface area (Å²) in [5, 5.41) is 0. The van der Waals surface area contributed by atoms with E-state index < -0.39 is 0 Å². The Morgan fingerprint density at radius 3 is 1.96 bits per heavy atom. The van der Waals surface area contributed by atoms with E-state index in [1.54, 1.807) is 0 Å². The highest BCUT2D eigenvalue weighted by molar-refractivity contribution is 5.83. The van der Waals surface area contributed by atoms with Gasteiger partial charge in [0.15, 0.2) is 0 Å². The zero-order valence-corrected chi connectivity index (χ0v) is 16.6. The second-order valence-electron chi connectivity index (χ2n) is 9.35. The number of amides is 1. The van der Waals surface area contributed by atoms with Crippen LogP contribution in [-0.4, -0.2) is 23.9 Å². The topological polar surface area (TPSA) is 20.3 Å². The summed E-state index contributed by atoms with van der Waals surface area (Å²) in [4.78, 5) is 15.0. The van der Waals surface area contributed by atoms with Crippen molar-refractivity contribution in [3.05, 3.63) is 35.4 Å². The second-order valence-corrected chi connectivity index (χ2v) is 9.35. The molecule has 0 N–H and O–H groups in total. The van der Waals surface area contributed by atoms with Gasteiger partial charge in [0.1, 0.15) is 0 Å². The number of carbonyl (C=O) groups is 1. The molecule has 0 aliphatic heterocycles. The Kier molecular flexibility index (Phi) is 5.78. The van der Waals surface area contributed by atoms with E-state index in [0.717, 1.165) is 19.5 Å². The fraction of sp³-hybridized carbons (Fsp3) is 0.682. The molecule has 2 heteroatoms. The second kappa shape index (κ2) is 7.29. The van der Waals surface area contributed by atoms with Crippen LogP contribution in [0, 0.1) is 17.8 Å². The average molecular weight is 330 g/mol. The van der Waals surface area contributed by atoms with Crippen molar-refractivity contribution in [2.45, 2.75) is 66.2 Å². The fourth-order valence-electron chi connectivity index (χ4n) is 3.44. The zero-order chi connectivity index (χ0) is 18.1. The third-order valence-electron chi connectivity index (χ3n) is 4.80. The van der Waals surface area contributed by atoms with Gasteiger partial charge in [0.25, 0.3) is 0 Å². The van der Waals surface area contributed by atoms with Gasteiger partial charge in [-0.15, -0.1) is 0 Å². The van der Waals surface area contributed by atoms with Crippen LogP contribution in [0.1, 0.15) is 71.9 Å². The molecule has 0 heterocycles. The summed E-state index contributed by atoms with van der Waals surface area (Å²) in [6.45, 7) is 17.2. The van der Waals surface area contributed by atoms with Crippen LogP contribution in [-0.2, 0) is 10.2 Å². The van der Waals surface area contributed by atoms with Crippen molar-refractivity contribution in [2.75, 3.05) is 13.1 Å². The van der Waals surface area contributed by atoms with Crippen molar-refractivity contribution in [1.29, 1.82) is 0 Å². The van der Waals surface area contributed by atoms with Crippen LogP contribution in [0.5, 0.6) is 0 Å². The first kappa shape index (κ1) is 19.0. The average Bonchev–Trinajstić information content (AvgIpc) is 3.24. The summed E-state index contributed by atoms with van der Waals surface area (Å²) < 4.78 is 0. The predicted molar refractivity (Wildman–Crippen MR) is 102 cm³/mol. The number of nitrogens with zero attached hydrogens (tertiary/aromatic N) is 1. The lowest BCUT2D eigenvalue weighted by atomic mass is 9.86. The van der Waals surface area contributed by atoms with Gasteiger partial charge in [0.2, 0.25) is 5.91 Å². The number of benzene rings is 1. The molecule has 1 aromatic carbocycles. The van der Waals surface area contributed by atoms with E-state index in [-0.39, 0.29) is 11.3 Å². The van der Waals surface area contributed by atoms with E-state index in [1.165, 1.54) is 11.1 Å². The molecule has 1 aliphatic carbocycles. The number of hydrogen-bond acceptors (Lipinski definition) is 1. The minimum Gasteiger partial charge on any atom is -0.342 e. The van der Waals surface area contributed by atoms with E-state index in [1.807, 2.05) is 0 Å². The van der Waals surface area contributed by atoms with Gasteiger partial charge in [-0.2, -0.15) is 0 Å². The lowest BCUT2D eigenvalue weighted by molar-refractivity contribution is -0.133. The van der Waals surface area contributed by atoms with Crippen molar-refractivity contribution < 1.29 is 4.79 Å². The van der Waals surface area contributed by atoms with Crippen molar-refractivity contribution in [1.82, 2.24) is 4.90 Å². The van der Waals surface area contributed by atoms with Crippen molar-refractivity contribution in [3.8, 4) is 0 Å². The highest BCUT2D eigenvalue weighted by Crippen LogP contribution is 2.48. The van der Waals surface area contributed by atoms with Gasteiger partial charge in [-0.3, -0.25) is 4.79 Å². The Balaban J connectivity index is 2.03. The smallest absolute Gasteiger partial charge is 0.226 e. The minimum atomic E-state index is 0.183. The van der Waals surface area contributed by atoms with E-state index in [9.17, 15) is 4.79 Å². The number of rotatable bonds is 6. The maximum absolute atomic E-state index is 12.9. The molecule has 1 fully saturated rings. The summed E-state index contributed by atoms with van der Waals surface area (Å²) in [6, 6.07) is 8.92. The van der Waals surface area contributed by atoms with Crippen LogP contribution in [0.25, 0.3) is 0 Å². The van der Waals surface area contributed by atoms with Gasteiger partial charge in [0.05, 0.1) is 0 Å². The van der Waals surface area contributed by atoms with Gasteiger partial charge < -0.3 is 4.90 Å². The molecular weight excluding hydrogens is 294 g/mol. The first-order chi connectivity index (χ1) is 11.1. The fourth-order valence-corrected chi connectivity index (χ4v) is 3.44. The van der Waals surface area contributed by atoms with Crippen LogP contribution in [0.2, 0.25) is 0 Å². The molecule has 1 saturated carbocycles. The van der Waals surface area contributed by atoms with Gasteiger partial charge in [-0.25, -0.2) is 0 Å². The van der Waals surface area contributed by atoms with E-state index >= 15 is 0 Å². The largest absolute Gasteiger partial charge is 0.342 e. The Morgan fingerprint density at radius 1 is 1.04 bits per heavy atom. The van der Waals surface area contributed by atoms with Crippen molar-refractivity contribution in [3.63, 3.8) is 0 Å². The van der Waals surface area contributed by atoms with E-state index in [0.29, 0.717) is 23.7 Å². The van der Waals surface area contributed by atoms with Crippen LogP contribution in [0.3, 0.4) is 0 Å². The normalized spacial score (nSPS) is 20.5. The molecule has 0 saturated heterocycles. The summed E-state index contributed by atoms with van der Waals surface area (Å²) in [5.74, 6) is 2.03. The van der Waals surface area contributed by atoms with E-state index in [4.69, 9.17) is 0 Å². The Labute approximate surface area is 148 Å². The molecule has 24 heavy (non-hydrogen) atoms. The van der Waals surface area contributed by atoms with E-state index in [2.05, 4.69) is 77.6 Å². The Morgan fingerprint density at radius 2 is 1.54 bits per heavy atom. The van der Waals surface area contributed by atoms with Crippen LogP contribution >= 0.6 is 0 Å². The third-order valence-corrected chi connectivity index (χ3v) is 4.80. The highest BCUT2D eigenvalue weighted by atomic mass is 16.2. The number of hydrogen-bond donors (Lipinski definition) is 0. The molecule has 1 aliphatic rings. The summed E-state index contributed by atoms with van der Waals surface area (Å²) in [5.41, 5.74) is 2.87. The van der Waals surface area contributed by atoms with Gasteiger partial charge in [-0.1, -0.05) is 72.7 Å². The molecule has 2 rings (SSSR count). The van der Waals surface area contributed by atoms with Gasteiger partial charge >= 0.3 is 0 Å². The summed E-state index contributed by atoms with van der Waals surface area (Å²) in [6.07, 6.45) is 1.01. The summed E-state index contributed by atoms with van der Waals surface area (Å²) in [7, 11) is 0. The molecule has 2 nitrogen and oxygen atoms in total. The quantitative estimate of drug-likeness (QED) is 0.700. The molecule has 0 bridgehead atoms. The Bertz CT molecular complexity index is 540. The first-order valence-corrected chi connectivity index (χ1v) is 9.48. The van der Waals surface area contributed by atoms with Crippen molar-refractivity contribution >= 4 is 5.91 Å². The number of carbonyl (C=O) groups excluding carboxylic acids is 1. The molecule has 134 valence electrons. The predicted octanol–water partition coefficient (Wildman–Crippen LogP) is 5.23. The van der Waals surface area contributed by atoms with Gasteiger partial charge in [-0.05, 0) is 40.7 Å². The standard InChI is InChI=1S/C22H35NO/c1-15(2)13-23(14-16(3)4)21(24)20-12-19(20)17-8-10-18(11-9-17)22(5,6)7/h8-11,15-16,19-20H,12-14H2,1-7H3/t19-,20-/m0/s1. The molecule has 1 aromatic rings. The molecule has 0 spiro atoms. The Hall–Kier alpha value is -1.31. The van der Waals surface area contributed by atoms with Crippen LogP contribution in [0.4, 0.5) is 0 Å². The lowest BCUT2D eigenvalue weighted by Crippen LogP contribution is -2.38. The van der Waals surface area contributed by atoms with Crippen molar-refractivity contribution in [2.24, 2.45) is 17.8 Å². The van der Waals surface area contributed by atoms with Crippen LogP contribution < -0.4 is 0 Å². The maximum atomic E-state index is 12.9. The zero-order valence-electron chi connectivity index (χ0n) is 16.6. The maximum Gasteiger partial charge on any atom is 0.226 e. The molecule has 0 radical (unpaired) electrons. The first-order valence-electron chi connectivity index (χ1n) is 9.48. The monoisotopic (exact) mass is 329 g/mol. The molecule has 2 atom stereocenters. The highest BCUT2D eigenvalue weighted by Gasteiger charge is 2.45.